The van der Waals surface area contributed by atoms with Gasteiger partial charge in [0.1, 0.15) is 24.0 Å². The maximum absolute atomic E-state index is 13.1. The molecule has 0 radical (unpaired) electrons. The third kappa shape index (κ3) is 4.26. The van der Waals surface area contributed by atoms with Gasteiger partial charge in [-0.1, -0.05) is 12.1 Å². The van der Waals surface area contributed by atoms with Gasteiger partial charge >= 0.3 is 0 Å². The van der Waals surface area contributed by atoms with Crippen LogP contribution in [0.15, 0.2) is 42.5 Å². The number of nitrogens with one attached hydrogen (secondary N) is 1. The van der Waals surface area contributed by atoms with Gasteiger partial charge in [0.25, 0.3) is 0 Å². The lowest BCUT2D eigenvalue weighted by atomic mass is 10.2. The Labute approximate surface area is 122 Å². The van der Waals surface area contributed by atoms with E-state index in [1.165, 1.54) is 25.0 Å². The molecule has 3 rings (SSSR count). The van der Waals surface area contributed by atoms with Crippen LogP contribution in [0.2, 0.25) is 0 Å². The molecule has 0 bridgehead atoms. The van der Waals surface area contributed by atoms with E-state index in [0.29, 0.717) is 17.4 Å². The summed E-state index contributed by atoms with van der Waals surface area (Å²) in [5, 5.41) is 3.43. The smallest absolute Gasteiger partial charge is 0.126 e. The summed E-state index contributed by atoms with van der Waals surface area (Å²) < 4.78 is 31.8. The number of halogens is 2. The average molecular weight is 289 g/mol. The van der Waals surface area contributed by atoms with Gasteiger partial charge in [-0.25, -0.2) is 8.78 Å². The first-order chi connectivity index (χ1) is 10.2. The second-order valence-electron chi connectivity index (χ2n) is 5.37. The van der Waals surface area contributed by atoms with E-state index < -0.39 is 11.6 Å². The molecule has 0 heterocycles. The second kappa shape index (κ2) is 6.22. The summed E-state index contributed by atoms with van der Waals surface area (Å²) in [5.74, 6) is -0.471. The lowest BCUT2D eigenvalue weighted by Crippen LogP contribution is -2.15. The summed E-state index contributed by atoms with van der Waals surface area (Å²) in [6.45, 7) is 0.963. The Bertz CT molecular complexity index is 606. The van der Waals surface area contributed by atoms with Crippen molar-refractivity contribution in [2.45, 2.75) is 32.0 Å². The molecule has 1 aliphatic rings. The zero-order chi connectivity index (χ0) is 14.7. The van der Waals surface area contributed by atoms with Gasteiger partial charge < -0.3 is 10.1 Å². The van der Waals surface area contributed by atoms with Crippen LogP contribution in [0.4, 0.5) is 8.78 Å². The van der Waals surface area contributed by atoms with Crippen LogP contribution in [-0.2, 0) is 13.2 Å². The molecule has 0 spiro atoms. The van der Waals surface area contributed by atoms with Gasteiger partial charge in [0.2, 0.25) is 0 Å². The van der Waals surface area contributed by atoms with Crippen LogP contribution < -0.4 is 10.1 Å². The van der Waals surface area contributed by atoms with Crippen LogP contribution in [-0.4, -0.2) is 6.04 Å². The molecular weight excluding hydrogens is 272 g/mol. The molecule has 1 saturated carbocycles. The first-order valence-electron chi connectivity index (χ1n) is 7.09. The molecule has 0 amide bonds. The quantitative estimate of drug-likeness (QED) is 0.873. The minimum atomic E-state index is -0.587. The third-order valence-electron chi connectivity index (χ3n) is 3.40. The van der Waals surface area contributed by atoms with E-state index in [2.05, 4.69) is 5.32 Å². The largest absolute Gasteiger partial charge is 0.489 e. The van der Waals surface area contributed by atoms with E-state index in [0.717, 1.165) is 18.2 Å². The predicted molar refractivity (Wildman–Crippen MR) is 77.0 cm³/mol. The minimum absolute atomic E-state index is 0.147. The molecule has 0 saturated heterocycles. The van der Waals surface area contributed by atoms with Crippen LogP contribution in [0.1, 0.15) is 24.0 Å². The molecule has 1 aliphatic carbocycles. The van der Waals surface area contributed by atoms with Gasteiger partial charge in [-0.05, 0) is 48.2 Å². The van der Waals surface area contributed by atoms with Gasteiger partial charge in [-0.3, -0.25) is 0 Å². The molecule has 2 nitrogen and oxygen atoms in total. The Hall–Kier alpha value is -1.94. The van der Waals surface area contributed by atoms with Crippen molar-refractivity contribution in [2.24, 2.45) is 0 Å². The highest BCUT2D eigenvalue weighted by Crippen LogP contribution is 2.20. The number of hydrogen-bond acceptors (Lipinski definition) is 2. The van der Waals surface area contributed by atoms with Crippen molar-refractivity contribution in [3.8, 4) is 5.75 Å². The van der Waals surface area contributed by atoms with Crippen LogP contribution in [0.5, 0.6) is 5.75 Å². The molecular formula is C17H17F2NO. The molecule has 21 heavy (non-hydrogen) atoms. The summed E-state index contributed by atoms with van der Waals surface area (Å²) in [4.78, 5) is 0. The van der Waals surface area contributed by atoms with Crippen LogP contribution in [0.25, 0.3) is 0 Å². The first kappa shape index (κ1) is 14.0. The zero-order valence-electron chi connectivity index (χ0n) is 11.6. The Morgan fingerprint density at radius 1 is 1.00 bits per heavy atom. The molecule has 0 atom stereocenters. The standard InChI is InChI=1S/C17H17F2NO/c18-14-6-13(7-15(19)9-14)11-21-17-3-1-2-12(8-17)10-20-16-4-5-16/h1-3,6-9,16,20H,4-5,10-11H2. The molecule has 0 aliphatic heterocycles. The second-order valence-corrected chi connectivity index (χ2v) is 5.37. The fourth-order valence-corrected chi connectivity index (χ4v) is 2.16. The number of benzene rings is 2. The number of hydrogen-bond donors (Lipinski definition) is 1. The normalized spacial score (nSPS) is 14.2. The Morgan fingerprint density at radius 2 is 1.76 bits per heavy atom. The van der Waals surface area contributed by atoms with Crippen molar-refractivity contribution in [3.05, 3.63) is 65.2 Å². The molecule has 1 fully saturated rings. The summed E-state index contributed by atoms with van der Waals surface area (Å²) >= 11 is 0. The van der Waals surface area contributed by atoms with E-state index in [9.17, 15) is 8.78 Å². The number of ether oxygens (including phenoxy) is 1. The SMILES string of the molecule is Fc1cc(F)cc(COc2cccc(CNC3CC3)c2)c1. The van der Waals surface area contributed by atoms with Crippen LogP contribution in [0.3, 0.4) is 0 Å². The highest BCUT2D eigenvalue weighted by molar-refractivity contribution is 5.29. The van der Waals surface area contributed by atoms with Crippen molar-refractivity contribution in [3.63, 3.8) is 0 Å². The highest BCUT2D eigenvalue weighted by Gasteiger charge is 2.19. The van der Waals surface area contributed by atoms with Crippen LogP contribution >= 0.6 is 0 Å². The van der Waals surface area contributed by atoms with E-state index >= 15 is 0 Å². The van der Waals surface area contributed by atoms with Crippen molar-refractivity contribution in [2.75, 3.05) is 0 Å². The van der Waals surface area contributed by atoms with E-state index in [-0.39, 0.29) is 6.61 Å². The summed E-state index contributed by atoms with van der Waals surface area (Å²) in [5.41, 5.74) is 1.62. The highest BCUT2D eigenvalue weighted by atomic mass is 19.1. The van der Waals surface area contributed by atoms with Crippen molar-refractivity contribution < 1.29 is 13.5 Å². The molecule has 110 valence electrons. The van der Waals surface area contributed by atoms with Crippen molar-refractivity contribution >= 4 is 0 Å². The maximum atomic E-state index is 13.1. The zero-order valence-corrected chi connectivity index (χ0v) is 11.6. The Morgan fingerprint density at radius 3 is 2.48 bits per heavy atom. The fourth-order valence-electron chi connectivity index (χ4n) is 2.16. The average Bonchev–Trinajstić information content (AvgIpc) is 3.27. The van der Waals surface area contributed by atoms with Gasteiger partial charge in [0, 0.05) is 18.7 Å². The Balaban J connectivity index is 1.59. The third-order valence-corrected chi connectivity index (χ3v) is 3.40. The van der Waals surface area contributed by atoms with Gasteiger partial charge in [0.05, 0.1) is 0 Å². The lowest BCUT2D eigenvalue weighted by Gasteiger charge is -2.09. The van der Waals surface area contributed by atoms with Gasteiger partial charge in [-0.2, -0.15) is 0 Å². The summed E-state index contributed by atoms with van der Waals surface area (Å²) in [6.07, 6.45) is 2.50. The predicted octanol–water partition coefficient (Wildman–Crippen LogP) is 3.80. The Kier molecular flexibility index (Phi) is 4.15. The molecule has 2 aromatic rings. The molecule has 2 aromatic carbocycles. The first-order valence-corrected chi connectivity index (χ1v) is 7.09. The number of rotatable bonds is 6. The molecule has 0 aromatic heterocycles. The van der Waals surface area contributed by atoms with Crippen molar-refractivity contribution in [1.82, 2.24) is 5.32 Å². The van der Waals surface area contributed by atoms with Gasteiger partial charge in [0.15, 0.2) is 0 Å². The van der Waals surface area contributed by atoms with Crippen molar-refractivity contribution in [1.29, 1.82) is 0 Å². The fraction of sp³-hybridized carbons (Fsp3) is 0.294. The van der Waals surface area contributed by atoms with Gasteiger partial charge in [-0.15, -0.1) is 0 Å². The maximum Gasteiger partial charge on any atom is 0.126 e. The van der Waals surface area contributed by atoms with E-state index in [1.807, 2.05) is 24.3 Å². The topological polar surface area (TPSA) is 21.3 Å². The van der Waals surface area contributed by atoms with Crippen LogP contribution in [0, 0.1) is 11.6 Å². The minimum Gasteiger partial charge on any atom is -0.489 e. The molecule has 4 heteroatoms. The monoisotopic (exact) mass is 289 g/mol. The lowest BCUT2D eigenvalue weighted by molar-refractivity contribution is 0.304. The molecule has 0 unspecified atom stereocenters. The molecule has 1 N–H and O–H groups in total. The summed E-state index contributed by atoms with van der Waals surface area (Å²) in [7, 11) is 0. The van der Waals surface area contributed by atoms with E-state index in [4.69, 9.17) is 4.74 Å². The van der Waals surface area contributed by atoms with E-state index in [1.54, 1.807) is 0 Å². The summed E-state index contributed by atoms with van der Waals surface area (Å²) in [6, 6.07) is 11.8.